The molecular formula is C12H13N3O3. The second kappa shape index (κ2) is 4.87. The summed E-state index contributed by atoms with van der Waals surface area (Å²) in [5, 5.41) is 12.9. The minimum Gasteiger partial charge on any atom is -0.477 e. The second-order valence-electron chi connectivity index (χ2n) is 4.02. The first-order valence-electron chi connectivity index (χ1n) is 5.48. The van der Waals surface area contributed by atoms with Crippen LogP contribution < -0.4 is 4.74 Å². The summed E-state index contributed by atoms with van der Waals surface area (Å²) in [5.74, 6) is -0.324. The van der Waals surface area contributed by atoms with Gasteiger partial charge in [0.15, 0.2) is 11.4 Å². The van der Waals surface area contributed by atoms with Gasteiger partial charge < -0.3 is 9.84 Å². The molecule has 1 N–H and O–H groups in total. The van der Waals surface area contributed by atoms with E-state index in [1.807, 2.05) is 13.8 Å². The van der Waals surface area contributed by atoms with E-state index < -0.39 is 5.97 Å². The summed E-state index contributed by atoms with van der Waals surface area (Å²) in [7, 11) is 0. The fourth-order valence-electron chi connectivity index (χ4n) is 1.37. The van der Waals surface area contributed by atoms with Crippen LogP contribution in [0.3, 0.4) is 0 Å². The average molecular weight is 247 g/mol. The molecule has 0 saturated heterocycles. The van der Waals surface area contributed by atoms with E-state index in [-0.39, 0.29) is 17.6 Å². The largest absolute Gasteiger partial charge is 0.477 e. The predicted octanol–water partition coefficient (Wildman–Crippen LogP) is 2.35. The van der Waals surface area contributed by atoms with Crippen molar-refractivity contribution in [1.29, 1.82) is 0 Å². The lowest BCUT2D eigenvalue weighted by Gasteiger charge is -2.04. The maximum atomic E-state index is 10.8. The minimum atomic E-state index is -1.08. The third-order valence-corrected chi connectivity index (χ3v) is 2.27. The summed E-state index contributed by atoms with van der Waals surface area (Å²) in [6.07, 6.45) is 3.30. The lowest BCUT2D eigenvalue weighted by Crippen LogP contribution is -2.01. The van der Waals surface area contributed by atoms with Crippen molar-refractivity contribution < 1.29 is 14.6 Å². The van der Waals surface area contributed by atoms with Gasteiger partial charge in [0.1, 0.15) is 0 Å². The molecule has 0 aliphatic rings. The van der Waals surface area contributed by atoms with Crippen molar-refractivity contribution in [2.45, 2.75) is 19.9 Å². The molecule has 0 atom stereocenters. The predicted molar refractivity (Wildman–Crippen MR) is 63.9 cm³/mol. The van der Waals surface area contributed by atoms with Gasteiger partial charge in [0.05, 0.1) is 12.4 Å². The Morgan fingerprint density at radius 2 is 2.22 bits per heavy atom. The van der Waals surface area contributed by atoms with Crippen LogP contribution in [0.5, 0.6) is 11.6 Å². The summed E-state index contributed by atoms with van der Waals surface area (Å²) in [6.45, 7) is 4.00. The zero-order chi connectivity index (χ0) is 13.1. The number of nitrogens with zero attached hydrogens (tertiary/aromatic N) is 3. The Bertz CT molecular complexity index is 563. The van der Waals surface area contributed by atoms with Gasteiger partial charge in [-0.3, -0.25) is 4.68 Å². The number of hydrogen-bond donors (Lipinski definition) is 1. The number of carbonyl (C=O) groups is 1. The first kappa shape index (κ1) is 12.1. The van der Waals surface area contributed by atoms with Gasteiger partial charge in [0.2, 0.25) is 5.88 Å². The monoisotopic (exact) mass is 247 g/mol. The van der Waals surface area contributed by atoms with Crippen molar-refractivity contribution in [1.82, 2.24) is 14.8 Å². The van der Waals surface area contributed by atoms with Gasteiger partial charge in [0, 0.05) is 12.1 Å². The van der Waals surface area contributed by atoms with E-state index >= 15 is 0 Å². The molecule has 18 heavy (non-hydrogen) atoms. The van der Waals surface area contributed by atoms with Crippen molar-refractivity contribution >= 4 is 5.97 Å². The number of aromatic nitrogens is 3. The molecule has 0 fully saturated rings. The first-order valence-corrected chi connectivity index (χ1v) is 5.48. The number of ether oxygens (including phenoxy) is 1. The Kier molecular flexibility index (Phi) is 3.27. The van der Waals surface area contributed by atoms with E-state index in [4.69, 9.17) is 9.84 Å². The molecule has 2 aromatic heterocycles. The number of rotatable bonds is 4. The zero-order valence-corrected chi connectivity index (χ0v) is 10.1. The summed E-state index contributed by atoms with van der Waals surface area (Å²) in [6, 6.07) is 4.82. The molecule has 0 radical (unpaired) electrons. The lowest BCUT2D eigenvalue weighted by atomic mass is 10.3. The van der Waals surface area contributed by atoms with Gasteiger partial charge in [-0.15, -0.1) is 0 Å². The van der Waals surface area contributed by atoms with Gasteiger partial charge in [-0.05, 0) is 19.9 Å². The molecule has 6 nitrogen and oxygen atoms in total. The standard InChI is InChI=1S/C12H13N3O3/c1-8(2)15-7-9(6-13-15)18-11-5-3-4-10(14-11)12(16)17/h3-8H,1-2H3,(H,16,17). The Balaban J connectivity index is 2.17. The van der Waals surface area contributed by atoms with E-state index in [1.54, 1.807) is 29.2 Å². The molecule has 0 unspecified atom stereocenters. The fraction of sp³-hybridized carbons (Fsp3) is 0.250. The number of pyridine rings is 1. The SMILES string of the molecule is CC(C)n1cc(Oc2cccc(C(=O)O)n2)cn1. The molecular weight excluding hydrogens is 234 g/mol. The van der Waals surface area contributed by atoms with Crippen molar-refractivity contribution in [2.24, 2.45) is 0 Å². The fourth-order valence-corrected chi connectivity index (χ4v) is 1.37. The van der Waals surface area contributed by atoms with E-state index in [2.05, 4.69) is 10.1 Å². The van der Waals surface area contributed by atoms with E-state index in [9.17, 15) is 4.79 Å². The molecule has 94 valence electrons. The molecule has 0 spiro atoms. The molecule has 0 aliphatic carbocycles. The third kappa shape index (κ3) is 2.65. The molecule has 2 heterocycles. The molecule has 2 rings (SSSR count). The van der Waals surface area contributed by atoms with Crippen LogP contribution in [0.25, 0.3) is 0 Å². The highest BCUT2D eigenvalue weighted by atomic mass is 16.5. The average Bonchev–Trinajstić information content (AvgIpc) is 2.78. The number of aromatic carboxylic acids is 1. The van der Waals surface area contributed by atoms with Crippen LogP contribution in [0.1, 0.15) is 30.4 Å². The molecule has 0 bridgehead atoms. The zero-order valence-electron chi connectivity index (χ0n) is 10.1. The van der Waals surface area contributed by atoms with Gasteiger partial charge >= 0.3 is 5.97 Å². The normalized spacial score (nSPS) is 10.6. The summed E-state index contributed by atoms with van der Waals surface area (Å²) < 4.78 is 7.19. The van der Waals surface area contributed by atoms with E-state index in [0.717, 1.165) is 0 Å². The smallest absolute Gasteiger partial charge is 0.354 e. The van der Waals surface area contributed by atoms with Crippen LogP contribution in [0, 0.1) is 0 Å². The van der Waals surface area contributed by atoms with Crippen LogP contribution in [0.15, 0.2) is 30.6 Å². The first-order chi connectivity index (χ1) is 8.56. The highest BCUT2D eigenvalue weighted by Crippen LogP contribution is 2.20. The summed E-state index contributed by atoms with van der Waals surface area (Å²) >= 11 is 0. The van der Waals surface area contributed by atoms with Crippen molar-refractivity contribution in [3.8, 4) is 11.6 Å². The van der Waals surface area contributed by atoms with Gasteiger partial charge in [-0.25, -0.2) is 9.78 Å². The Labute approximate surface area is 104 Å². The minimum absolute atomic E-state index is 0.0521. The van der Waals surface area contributed by atoms with Crippen LogP contribution in [0.2, 0.25) is 0 Å². The van der Waals surface area contributed by atoms with Crippen LogP contribution >= 0.6 is 0 Å². The molecule has 0 saturated carbocycles. The molecule has 6 heteroatoms. The molecule has 0 amide bonds. The van der Waals surface area contributed by atoms with E-state index in [1.165, 1.54) is 6.07 Å². The van der Waals surface area contributed by atoms with Gasteiger partial charge in [-0.2, -0.15) is 5.10 Å². The number of carboxylic acids is 1. The van der Waals surface area contributed by atoms with Crippen molar-refractivity contribution in [3.05, 3.63) is 36.3 Å². The Hall–Kier alpha value is -2.37. The van der Waals surface area contributed by atoms with Crippen LogP contribution in [0.4, 0.5) is 0 Å². The lowest BCUT2D eigenvalue weighted by molar-refractivity contribution is 0.0689. The molecule has 2 aromatic rings. The van der Waals surface area contributed by atoms with Crippen molar-refractivity contribution in [2.75, 3.05) is 0 Å². The summed E-state index contributed by atoms with van der Waals surface area (Å²) in [5.41, 5.74) is -0.0521. The Morgan fingerprint density at radius 3 is 2.83 bits per heavy atom. The topological polar surface area (TPSA) is 77.2 Å². The molecule has 0 aromatic carbocycles. The number of hydrogen-bond acceptors (Lipinski definition) is 4. The highest BCUT2D eigenvalue weighted by Gasteiger charge is 2.08. The maximum absolute atomic E-state index is 10.8. The van der Waals surface area contributed by atoms with Crippen molar-refractivity contribution in [3.63, 3.8) is 0 Å². The van der Waals surface area contributed by atoms with Crippen LogP contribution in [-0.4, -0.2) is 25.8 Å². The van der Waals surface area contributed by atoms with E-state index in [0.29, 0.717) is 5.75 Å². The number of carboxylic acid groups (broad SMARTS) is 1. The third-order valence-electron chi connectivity index (χ3n) is 2.27. The highest BCUT2D eigenvalue weighted by molar-refractivity contribution is 5.85. The van der Waals surface area contributed by atoms with Gasteiger partial charge in [0.25, 0.3) is 0 Å². The second-order valence-corrected chi connectivity index (χ2v) is 4.02. The van der Waals surface area contributed by atoms with Crippen LogP contribution in [-0.2, 0) is 0 Å². The maximum Gasteiger partial charge on any atom is 0.354 e. The molecule has 0 aliphatic heterocycles. The summed E-state index contributed by atoms with van der Waals surface area (Å²) in [4.78, 5) is 14.6. The quantitative estimate of drug-likeness (QED) is 0.897. The Morgan fingerprint density at radius 1 is 1.44 bits per heavy atom. The van der Waals surface area contributed by atoms with Gasteiger partial charge in [-0.1, -0.05) is 6.07 Å².